The van der Waals surface area contributed by atoms with Gasteiger partial charge in [0.25, 0.3) is 5.91 Å². The van der Waals surface area contributed by atoms with Crippen molar-refractivity contribution in [3.05, 3.63) is 59.7 Å². The molecule has 1 saturated heterocycles. The van der Waals surface area contributed by atoms with Gasteiger partial charge in [0.15, 0.2) is 0 Å². The zero-order valence-electron chi connectivity index (χ0n) is 15.8. The van der Waals surface area contributed by atoms with Crippen molar-refractivity contribution in [3.8, 4) is 0 Å². The summed E-state index contributed by atoms with van der Waals surface area (Å²) >= 11 is 0. The fourth-order valence-electron chi connectivity index (χ4n) is 3.72. The quantitative estimate of drug-likeness (QED) is 0.857. The van der Waals surface area contributed by atoms with E-state index < -0.39 is 6.10 Å². The minimum Gasteiger partial charge on any atom is -0.366 e. The Labute approximate surface area is 164 Å². The SMILES string of the molecule is O=C1CCCc2cc(NC(=O)C3CN(Cc4ccccc4)CCO3)ccc2N1. The number of morpholine rings is 1. The van der Waals surface area contributed by atoms with E-state index in [1.807, 2.05) is 36.4 Å². The standard InChI is InChI=1S/C22H25N3O3/c26-21-8-4-7-17-13-18(9-10-19(17)24-21)23-22(27)20-15-25(11-12-28-20)14-16-5-2-1-3-6-16/h1-3,5-6,9-10,13,20H,4,7-8,11-12,14-15H2,(H,23,27)(H,24,26). The second-order valence-corrected chi connectivity index (χ2v) is 7.34. The number of nitrogens with zero attached hydrogens (tertiary/aromatic N) is 1. The molecule has 2 amide bonds. The highest BCUT2D eigenvalue weighted by molar-refractivity contribution is 5.96. The maximum absolute atomic E-state index is 12.7. The number of anilines is 2. The van der Waals surface area contributed by atoms with E-state index in [2.05, 4.69) is 27.7 Å². The van der Waals surface area contributed by atoms with E-state index in [-0.39, 0.29) is 11.8 Å². The van der Waals surface area contributed by atoms with Crippen molar-refractivity contribution in [1.82, 2.24) is 4.90 Å². The van der Waals surface area contributed by atoms with Crippen LogP contribution >= 0.6 is 0 Å². The average molecular weight is 379 g/mol. The molecular weight excluding hydrogens is 354 g/mol. The van der Waals surface area contributed by atoms with Gasteiger partial charge in [-0.2, -0.15) is 0 Å². The average Bonchev–Trinajstić information content (AvgIpc) is 2.89. The molecule has 4 rings (SSSR count). The number of nitrogens with one attached hydrogen (secondary N) is 2. The molecule has 2 heterocycles. The zero-order valence-corrected chi connectivity index (χ0v) is 15.8. The molecule has 0 spiro atoms. The Balaban J connectivity index is 1.38. The summed E-state index contributed by atoms with van der Waals surface area (Å²) in [6, 6.07) is 15.9. The summed E-state index contributed by atoms with van der Waals surface area (Å²) in [5.74, 6) is -0.0833. The number of hydrogen-bond acceptors (Lipinski definition) is 4. The van der Waals surface area contributed by atoms with Crippen LogP contribution in [0.2, 0.25) is 0 Å². The number of aryl methyl sites for hydroxylation is 1. The van der Waals surface area contributed by atoms with E-state index in [0.29, 0.717) is 19.6 Å². The number of hydrogen-bond donors (Lipinski definition) is 2. The highest BCUT2D eigenvalue weighted by Gasteiger charge is 2.27. The van der Waals surface area contributed by atoms with E-state index >= 15 is 0 Å². The molecule has 0 bridgehead atoms. The van der Waals surface area contributed by atoms with Crippen LogP contribution in [0.3, 0.4) is 0 Å². The molecule has 6 heteroatoms. The highest BCUT2D eigenvalue weighted by atomic mass is 16.5. The van der Waals surface area contributed by atoms with Gasteiger partial charge in [-0.15, -0.1) is 0 Å². The van der Waals surface area contributed by atoms with E-state index in [1.165, 1.54) is 5.56 Å². The van der Waals surface area contributed by atoms with Crippen LogP contribution in [0.4, 0.5) is 11.4 Å². The van der Waals surface area contributed by atoms with Gasteiger partial charge >= 0.3 is 0 Å². The molecule has 28 heavy (non-hydrogen) atoms. The minimum atomic E-state index is -0.490. The Hall–Kier alpha value is -2.70. The lowest BCUT2D eigenvalue weighted by Gasteiger charge is -2.32. The number of rotatable bonds is 4. The summed E-state index contributed by atoms with van der Waals surface area (Å²) in [6.45, 7) is 2.74. The highest BCUT2D eigenvalue weighted by Crippen LogP contribution is 2.25. The predicted octanol–water partition coefficient (Wildman–Crippen LogP) is 2.80. The fraction of sp³-hybridized carbons (Fsp3) is 0.364. The molecule has 0 radical (unpaired) electrons. The van der Waals surface area contributed by atoms with Crippen molar-refractivity contribution in [2.24, 2.45) is 0 Å². The summed E-state index contributed by atoms with van der Waals surface area (Å²) in [7, 11) is 0. The maximum Gasteiger partial charge on any atom is 0.254 e. The Morgan fingerprint density at radius 1 is 1.18 bits per heavy atom. The third kappa shape index (κ3) is 4.58. The summed E-state index contributed by atoms with van der Waals surface area (Å²) < 4.78 is 5.72. The van der Waals surface area contributed by atoms with E-state index in [1.54, 1.807) is 0 Å². The molecule has 2 aromatic rings. The Morgan fingerprint density at radius 3 is 2.89 bits per heavy atom. The number of fused-ring (bicyclic) bond motifs is 1. The van der Waals surface area contributed by atoms with Crippen molar-refractivity contribution < 1.29 is 14.3 Å². The number of benzene rings is 2. The lowest BCUT2D eigenvalue weighted by molar-refractivity contribution is -0.133. The lowest BCUT2D eigenvalue weighted by Crippen LogP contribution is -2.47. The predicted molar refractivity (Wildman–Crippen MR) is 108 cm³/mol. The second-order valence-electron chi connectivity index (χ2n) is 7.34. The van der Waals surface area contributed by atoms with Gasteiger partial charge in [0.2, 0.25) is 5.91 Å². The number of amides is 2. The van der Waals surface area contributed by atoms with Crippen molar-refractivity contribution in [2.75, 3.05) is 30.3 Å². The Kier molecular flexibility index (Phi) is 5.69. The summed E-state index contributed by atoms with van der Waals surface area (Å²) in [5.41, 5.74) is 3.86. The van der Waals surface area contributed by atoms with Crippen LogP contribution in [-0.4, -0.2) is 42.5 Å². The van der Waals surface area contributed by atoms with Crippen molar-refractivity contribution in [2.45, 2.75) is 31.9 Å². The van der Waals surface area contributed by atoms with Crippen molar-refractivity contribution in [1.29, 1.82) is 0 Å². The molecule has 0 aliphatic carbocycles. The van der Waals surface area contributed by atoms with Crippen LogP contribution < -0.4 is 10.6 Å². The first kappa shape index (κ1) is 18.7. The largest absolute Gasteiger partial charge is 0.366 e. The van der Waals surface area contributed by atoms with Gasteiger partial charge in [-0.1, -0.05) is 30.3 Å². The molecule has 146 valence electrons. The van der Waals surface area contributed by atoms with Crippen molar-refractivity contribution in [3.63, 3.8) is 0 Å². The molecule has 1 unspecified atom stereocenters. The van der Waals surface area contributed by atoms with Crippen LogP contribution in [-0.2, 0) is 27.3 Å². The van der Waals surface area contributed by atoms with Gasteiger partial charge in [0.1, 0.15) is 6.10 Å². The molecular formula is C22H25N3O3. The molecule has 2 aliphatic heterocycles. The van der Waals surface area contributed by atoms with E-state index in [4.69, 9.17) is 4.74 Å². The third-order valence-corrected chi connectivity index (χ3v) is 5.19. The summed E-state index contributed by atoms with van der Waals surface area (Å²) in [5, 5.41) is 5.89. The normalized spacial score (nSPS) is 20.0. The number of carbonyl (C=O) groups excluding carboxylic acids is 2. The third-order valence-electron chi connectivity index (χ3n) is 5.19. The van der Waals surface area contributed by atoms with Gasteiger partial charge in [0.05, 0.1) is 6.61 Å². The van der Waals surface area contributed by atoms with Crippen LogP contribution in [0.25, 0.3) is 0 Å². The van der Waals surface area contributed by atoms with Gasteiger partial charge in [-0.25, -0.2) is 0 Å². The number of carbonyl (C=O) groups is 2. The van der Waals surface area contributed by atoms with Crippen molar-refractivity contribution >= 4 is 23.2 Å². The minimum absolute atomic E-state index is 0.0460. The number of ether oxygens (including phenoxy) is 1. The molecule has 0 aromatic heterocycles. The summed E-state index contributed by atoms with van der Waals surface area (Å²) in [4.78, 5) is 26.6. The Morgan fingerprint density at radius 2 is 2.04 bits per heavy atom. The topological polar surface area (TPSA) is 70.7 Å². The van der Waals surface area contributed by atoms with Gasteiger partial charge < -0.3 is 15.4 Å². The molecule has 1 fully saturated rings. The molecule has 2 N–H and O–H groups in total. The molecule has 1 atom stereocenters. The second kappa shape index (κ2) is 8.54. The van der Waals surface area contributed by atoms with Gasteiger partial charge in [-0.3, -0.25) is 14.5 Å². The van der Waals surface area contributed by atoms with Crippen LogP contribution in [0.15, 0.2) is 48.5 Å². The first-order valence-electron chi connectivity index (χ1n) is 9.79. The molecule has 2 aliphatic rings. The lowest BCUT2D eigenvalue weighted by atomic mass is 10.1. The van der Waals surface area contributed by atoms with Crippen LogP contribution in [0.5, 0.6) is 0 Å². The maximum atomic E-state index is 12.7. The van der Waals surface area contributed by atoms with Gasteiger partial charge in [-0.05, 0) is 42.2 Å². The summed E-state index contributed by atoms with van der Waals surface area (Å²) in [6.07, 6.45) is 1.68. The van der Waals surface area contributed by atoms with Crippen LogP contribution in [0.1, 0.15) is 24.0 Å². The molecule has 0 saturated carbocycles. The smallest absolute Gasteiger partial charge is 0.254 e. The van der Waals surface area contributed by atoms with Gasteiger partial charge in [0, 0.05) is 37.4 Å². The first-order chi connectivity index (χ1) is 13.7. The fourth-order valence-corrected chi connectivity index (χ4v) is 3.72. The molecule has 2 aromatic carbocycles. The molecule has 6 nitrogen and oxygen atoms in total. The zero-order chi connectivity index (χ0) is 19.3. The van der Waals surface area contributed by atoms with Crippen LogP contribution in [0, 0.1) is 0 Å². The Bertz CT molecular complexity index is 853. The van der Waals surface area contributed by atoms with E-state index in [9.17, 15) is 9.59 Å². The monoisotopic (exact) mass is 379 g/mol. The first-order valence-corrected chi connectivity index (χ1v) is 9.79. The van der Waals surface area contributed by atoms with E-state index in [0.717, 1.165) is 42.9 Å².